The van der Waals surface area contributed by atoms with Crippen LogP contribution in [-0.4, -0.2) is 46.1 Å². The number of carbonyl (C=O) groups is 2. The molecule has 0 fully saturated rings. The summed E-state index contributed by atoms with van der Waals surface area (Å²) in [5, 5.41) is 38.1. The van der Waals surface area contributed by atoms with Gasteiger partial charge in [0, 0.05) is 0 Å². The summed E-state index contributed by atoms with van der Waals surface area (Å²) in [7, 11) is 0. The fourth-order valence-corrected chi connectivity index (χ4v) is 1.97. The summed E-state index contributed by atoms with van der Waals surface area (Å²) in [4.78, 5) is 20.4. The maximum Gasteiger partial charge on any atom is 2.00 e. The van der Waals surface area contributed by atoms with Gasteiger partial charge in [0.25, 0.3) is 0 Å². The molecule has 0 aliphatic heterocycles. The minimum Gasteiger partial charge on any atom is -0.872 e. The summed E-state index contributed by atoms with van der Waals surface area (Å²) < 4.78 is 0. The molecule has 0 saturated carbocycles. The molecule has 2 N–H and O–H groups in total. The van der Waals surface area contributed by atoms with Crippen molar-refractivity contribution in [1.29, 1.82) is 0 Å². The first-order chi connectivity index (χ1) is 15.4. The molecule has 0 heterocycles. The molecule has 4 aromatic rings. The molecular formula is C26H20O6Sn. The van der Waals surface area contributed by atoms with E-state index < -0.39 is 17.7 Å². The molecule has 7 heteroatoms. The topological polar surface area (TPSA) is 121 Å². The number of hydrogen-bond donors (Lipinski definition) is 2. The van der Waals surface area contributed by atoms with Crippen molar-refractivity contribution in [2.45, 2.75) is 0 Å². The number of aromatic hydroxyl groups is 1. The van der Waals surface area contributed by atoms with E-state index in [1.165, 1.54) is 36.4 Å². The Morgan fingerprint density at radius 3 is 1.33 bits per heavy atom. The molecule has 164 valence electrons. The van der Waals surface area contributed by atoms with Crippen LogP contribution >= 0.6 is 0 Å². The summed E-state index contributed by atoms with van der Waals surface area (Å²) in [5.74, 6) is -3.25. The number of aromatic carboxylic acids is 2. The number of rotatable bonds is 2. The largest absolute Gasteiger partial charge is 2.00 e. The van der Waals surface area contributed by atoms with Gasteiger partial charge in [-0.15, -0.1) is 0 Å². The van der Waals surface area contributed by atoms with Gasteiger partial charge in [-0.25, -0.2) is 4.79 Å². The van der Waals surface area contributed by atoms with Crippen LogP contribution in [0.4, 0.5) is 0 Å². The van der Waals surface area contributed by atoms with Crippen molar-refractivity contribution < 1.29 is 30.0 Å². The molecule has 33 heavy (non-hydrogen) atoms. The average molecular weight is 547 g/mol. The zero-order valence-electron chi connectivity index (χ0n) is 17.4. The first-order valence-electron chi connectivity index (χ1n) is 9.24. The molecule has 0 aliphatic carbocycles. The molecule has 6 nitrogen and oxygen atoms in total. The third-order valence-corrected chi connectivity index (χ3v) is 3.46. The molecule has 0 amide bonds. The Morgan fingerprint density at radius 2 is 1.09 bits per heavy atom. The average Bonchev–Trinajstić information content (AvgIpc) is 2.83. The van der Waals surface area contributed by atoms with Crippen LogP contribution in [0.1, 0.15) is 20.7 Å². The minimum absolute atomic E-state index is 0. The molecule has 0 aromatic heterocycles. The second kappa shape index (κ2) is 17.9. The molecule has 0 atom stereocenters. The van der Waals surface area contributed by atoms with Crippen molar-refractivity contribution in [2.24, 2.45) is 0 Å². The SMILES string of the molecule is O=C(O)c1ccccc1O.O=C([O-])c1ccccc1[O-].[Sn+2].[c]1ccccc1.[c]1ccccc1. The smallest absolute Gasteiger partial charge is 0.872 e. The summed E-state index contributed by atoms with van der Waals surface area (Å²) in [6.07, 6.45) is 0. The molecule has 0 spiro atoms. The van der Waals surface area contributed by atoms with Gasteiger partial charge in [-0.1, -0.05) is 103 Å². The summed E-state index contributed by atoms with van der Waals surface area (Å²) in [5.41, 5.74) is -0.356. The number of carboxylic acid groups (broad SMARTS) is 2. The van der Waals surface area contributed by atoms with Gasteiger partial charge in [-0.3, -0.25) is 0 Å². The van der Waals surface area contributed by atoms with E-state index in [2.05, 4.69) is 12.1 Å². The van der Waals surface area contributed by atoms with Crippen molar-refractivity contribution in [3.8, 4) is 11.5 Å². The predicted octanol–water partition coefficient (Wildman–Crippen LogP) is 2.81. The van der Waals surface area contributed by atoms with Crippen molar-refractivity contribution in [3.05, 3.63) is 132 Å². The number of carbonyl (C=O) groups excluding carboxylic acids is 1. The Bertz CT molecular complexity index is 916. The van der Waals surface area contributed by atoms with Gasteiger partial charge in [0.2, 0.25) is 0 Å². The van der Waals surface area contributed by atoms with E-state index in [9.17, 15) is 19.8 Å². The van der Waals surface area contributed by atoms with E-state index in [0.717, 1.165) is 0 Å². The molecule has 0 aliphatic rings. The number of phenols is 1. The third kappa shape index (κ3) is 13.3. The van der Waals surface area contributed by atoms with Crippen LogP contribution in [0.3, 0.4) is 0 Å². The molecular weight excluding hydrogens is 527 g/mol. The summed E-state index contributed by atoms with van der Waals surface area (Å²) in [6, 6.07) is 36.2. The summed E-state index contributed by atoms with van der Waals surface area (Å²) in [6.45, 7) is 0. The van der Waals surface area contributed by atoms with Crippen LogP contribution in [0.15, 0.2) is 109 Å². The van der Waals surface area contributed by atoms with Crippen LogP contribution in [-0.2, 0) is 0 Å². The van der Waals surface area contributed by atoms with E-state index in [-0.39, 0.29) is 40.8 Å². The van der Waals surface area contributed by atoms with Crippen LogP contribution < -0.4 is 10.2 Å². The molecule has 4 aromatic carbocycles. The zero-order valence-corrected chi connectivity index (χ0v) is 20.3. The van der Waals surface area contributed by atoms with Crippen LogP contribution in [0, 0.1) is 12.1 Å². The molecule has 0 saturated heterocycles. The number of carboxylic acids is 2. The Balaban J connectivity index is 0.000000420. The van der Waals surface area contributed by atoms with Crippen molar-refractivity contribution in [2.75, 3.05) is 0 Å². The van der Waals surface area contributed by atoms with Crippen molar-refractivity contribution >= 4 is 35.8 Å². The first-order valence-corrected chi connectivity index (χ1v) is 9.24. The van der Waals surface area contributed by atoms with Crippen molar-refractivity contribution in [3.63, 3.8) is 0 Å². The van der Waals surface area contributed by atoms with Crippen LogP contribution in [0.2, 0.25) is 0 Å². The van der Waals surface area contributed by atoms with Gasteiger partial charge < -0.3 is 25.2 Å². The number of benzene rings is 4. The van der Waals surface area contributed by atoms with Gasteiger partial charge in [-0.05, 0) is 29.8 Å². The minimum atomic E-state index is -1.43. The van der Waals surface area contributed by atoms with Gasteiger partial charge in [-0.2, -0.15) is 0 Å². The maximum atomic E-state index is 10.6. The molecule has 4 radical (unpaired) electrons. The van der Waals surface area contributed by atoms with E-state index in [1.54, 1.807) is 12.1 Å². The standard InChI is InChI=1S/2C7H6O3.2C6H5.Sn/c2*8-6-4-2-1-3-5(6)7(9)10;2*1-2-4-6-5-3-1;/h2*1-4,8H,(H,9,10);2*1-5H;/q;;;;+2/p-2. The van der Waals surface area contributed by atoms with E-state index in [4.69, 9.17) is 10.2 Å². The van der Waals surface area contributed by atoms with Gasteiger partial charge in [0.15, 0.2) is 0 Å². The predicted molar refractivity (Wildman–Crippen MR) is 122 cm³/mol. The van der Waals surface area contributed by atoms with Crippen LogP contribution in [0.25, 0.3) is 0 Å². The monoisotopic (exact) mass is 548 g/mol. The first kappa shape index (κ1) is 29.2. The fourth-order valence-electron chi connectivity index (χ4n) is 1.97. The number of para-hydroxylation sites is 2. The Kier molecular flexibility index (Phi) is 15.8. The molecule has 0 bridgehead atoms. The Labute approximate surface area is 209 Å². The third-order valence-electron chi connectivity index (χ3n) is 3.46. The van der Waals surface area contributed by atoms with E-state index in [0.29, 0.717) is 0 Å². The fraction of sp³-hybridized carbons (Fsp3) is 0. The van der Waals surface area contributed by atoms with Gasteiger partial charge in [0.05, 0.1) is 5.97 Å². The summed E-state index contributed by atoms with van der Waals surface area (Å²) >= 11 is 0. The van der Waals surface area contributed by atoms with Gasteiger partial charge in [0.1, 0.15) is 11.3 Å². The Hall–Kier alpha value is -3.78. The normalized spacial score (nSPS) is 8.48. The quantitative estimate of drug-likeness (QED) is 0.373. The van der Waals surface area contributed by atoms with E-state index >= 15 is 0 Å². The van der Waals surface area contributed by atoms with Gasteiger partial charge >= 0.3 is 29.9 Å². The van der Waals surface area contributed by atoms with Crippen LogP contribution in [0.5, 0.6) is 11.5 Å². The van der Waals surface area contributed by atoms with E-state index in [1.807, 2.05) is 60.7 Å². The van der Waals surface area contributed by atoms with Crippen molar-refractivity contribution in [1.82, 2.24) is 0 Å². The second-order valence-electron chi connectivity index (χ2n) is 5.76. The Morgan fingerprint density at radius 1 is 0.667 bits per heavy atom. The number of hydrogen-bond acceptors (Lipinski definition) is 5. The molecule has 4 rings (SSSR count). The second-order valence-corrected chi connectivity index (χ2v) is 5.76. The molecule has 0 unspecified atom stereocenters. The maximum absolute atomic E-state index is 10.6. The zero-order chi connectivity index (χ0) is 23.6.